The van der Waals surface area contributed by atoms with E-state index in [-0.39, 0.29) is 5.95 Å². The molecule has 0 spiro atoms. The topological polar surface area (TPSA) is 66.9 Å². The van der Waals surface area contributed by atoms with Crippen molar-refractivity contribution in [3.05, 3.63) is 46.2 Å². The Morgan fingerprint density at radius 2 is 1.97 bits per heavy atom. The smallest absolute Gasteiger partial charge is 0.352 e. The lowest BCUT2D eigenvalue weighted by molar-refractivity contribution is -0.141. The molecule has 0 bridgehead atoms. The molecule has 0 atom stereocenters. The zero-order valence-electron chi connectivity index (χ0n) is 15.9. The molecule has 1 aliphatic carbocycles. The number of alkyl halides is 3. The van der Waals surface area contributed by atoms with Gasteiger partial charge in [0.2, 0.25) is 5.95 Å². The van der Waals surface area contributed by atoms with Crippen LogP contribution in [0.15, 0.2) is 24.4 Å². The Labute approximate surface area is 172 Å². The van der Waals surface area contributed by atoms with E-state index in [1.54, 1.807) is 25.1 Å². The summed E-state index contributed by atoms with van der Waals surface area (Å²) >= 11 is 5.94. The summed E-state index contributed by atoms with van der Waals surface area (Å²) in [4.78, 5) is 19.9. The molecule has 1 heterocycles. The molecule has 3 rings (SSSR count). The van der Waals surface area contributed by atoms with Crippen LogP contribution in [0, 0.1) is 12.8 Å². The van der Waals surface area contributed by atoms with Crippen LogP contribution < -0.4 is 10.6 Å². The van der Waals surface area contributed by atoms with E-state index >= 15 is 0 Å². The summed E-state index contributed by atoms with van der Waals surface area (Å²) < 4.78 is 40.6. The first kappa shape index (κ1) is 21.4. The number of rotatable bonds is 5. The molecule has 5 nitrogen and oxygen atoms in total. The van der Waals surface area contributed by atoms with Gasteiger partial charge in [0.1, 0.15) is 0 Å². The maximum absolute atomic E-state index is 13.5. The number of hydrogen-bond donors (Lipinski definition) is 2. The highest BCUT2D eigenvalue weighted by molar-refractivity contribution is 6.30. The number of benzene rings is 1. The van der Waals surface area contributed by atoms with Crippen LogP contribution in [-0.2, 0) is 6.18 Å². The Kier molecular flexibility index (Phi) is 6.62. The third-order valence-corrected chi connectivity index (χ3v) is 5.26. The van der Waals surface area contributed by atoms with Gasteiger partial charge in [-0.05, 0) is 43.4 Å². The van der Waals surface area contributed by atoms with Crippen molar-refractivity contribution in [3.63, 3.8) is 0 Å². The van der Waals surface area contributed by atoms with E-state index in [0.29, 0.717) is 23.2 Å². The summed E-state index contributed by atoms with van der Waals surface area (Å²) in [5.74, 6) is -0.769. The number of nitrogens with one attached hydrogen (secondary N) is 2. The maximum atomic E-state index is 13.5. The van der Waals surface area contributed by atoms with Crippen molar-refractivity contribution in [3.8, 4) is 0 Å². The van der Waals surface area contributed by atoms with Gasteiger partial charge >= 0.3 is 6.18 Å². The predicted molar refractivity (Wildman–Crippen MR) is 105 cm³/mol. The van der Waals surface area contributed by atoms with Crippen LogP contribution in [-0.4, -0.2) is 22.4 Å². The molecule has 1 saturated carbocycles. The van der Waals surface area contributed by atoms with Gasteiger partial charge in [0.05, 0.1) is 5.56 Å². The second kappa shape index (κ2) is 8.98. The number of nitrogens with zero attached hydrogens (tertiary/aromatic N) is 2. The number of carbonyl (C=O) groups excluding carboxylic acids is 1. The summed E-state index contributed by atoms with van der Waals surface area (Å²) in [5, 5.41) is 5.77. The van der Waals surface area contributed by atoms with Crippen LogP contribution in [0.25, 0.3) is 0 Å². The fourth-order valence-electron chi connectivity index (χ4n) is 3.40. The predicted octanol–water partition coefficient (Wildman–Crippen LogP) is 5.51. The summed E-state index contributed by atoms with van der Waals surface area (Å²) in [6.45, 7) is 2.13. The quantitative estimate of drug-likeness (QED) is 0.661. The minimum atomic E-state index is -4.79. The van der Waals surface area contributed by atoms with Gasteiger partial charge in [0.25, 0.3) is 5.91 Å². The van der Waals surface area contributed by atoms with Crippen molar-refractivity contribution in [2.45, 2.75) is 45.2 Å². The van der Waals surface area contributed by atoms with Crippen LogP contribution in [0.4, 0.5) is 24.8 Å². The molecule has 1 aromatic heterocycles. The number of anilines is 2. The van der Waals surface area contributed by atoms with Crippen molar-refractivity contribution < 1.29 is 18.0 Å². The van der Waals surface area contributed by atoms with Crippen molar-refractivity contribution >= 4 is 29.1 Å². The fraction of sp³-hybridized carbons (Fsp3) is 0.450. The molecule has 156 valence electrons. The molecule has 0 aliphatic heterocycles. The maximum Gasteiger partial charge on any atom is 0.434 e. The van der Waals surface area contributed by atoms with E-state index in [4.69, 9.17) is 11.6 Å². The Hall–Kier alpha value is -2.35. The number of hydrogen-bond acceptors (Lipinski definition) is 4. The van der Waals surface area contributed by atoms with Crippen molar-refractivity contribution in [1.82, 2.24) is 15.3 Å². The highest BCUT2D eigenvalue weighted by Gasteiger charge is 2.38. The minimum Gasteiger partial charge on any atom is -0.352 e. The van der Waals surface area contributed by atoms with E-state index in [9.17, 15) is 18.0 Å². The van der Waals surface area contributed by atoms with Crippen LogP contribution >= 0.6 is 11.6 Å². The molecule has 29 heavy (non-hydrogen) atoms. The van der Waals surface area contributed by atoms with Crippen LogP contribution in [0.1, 0.15) is 53.7 Å². The first-order valence-electron chi connectivity index (χ1n) is 9.49. The van der Waals surface area contributed by atoms with Crippen molar-refractivity contribution in [2.75, 3.05) is 11.9 Å². The van der Waals surface area contributed by atoms with Crippen LogP contribution in [0.5, 0.6) is 0 Å². The molecule has 2 aromatic rings. The van der Waals surface area contributed by atoms with Gasteiger partial charge in [-0.2, -0.15) is 13.2 Å². The first-order chi connectivity index (χ1) is 13.7. The van der Waals surface area contributed by atoms with E-state index < -0.39 is 23.3 Å². The zero-order valence-corrected chi connectivity index (χ0v) is 16.7. The third kappa shape index (κ3) is 5.59. The van der Waals surface area contributed by atoms with Gasteiger partial charge < -0.3 is 10.6 Å². The average Bonchev–Trinajstić information content (AvgIpc) is 2.69. The lowest BCUT2D eigenvalue weighted by Gasteiger charge is -2.22. The normalized spacial score (nSPS) is 15.2. The second-order valence-corrected chi connectivity index (χ2v) is 7.69. The highest BCUT2D eigenvalue weighted by Crippen LogP contribution is 2.32. The van der Waals surface area contributed by atoms with E-state index in [0.717, 1.165) is 43.9 Å². The summed E-state index contributed by atoms with van der Waals surface area (Å²) in [6, 6.07) is 4.96. The molecule has 1 amide bonds. The second-order valence-electron chi connectivity index (χ2n) is 7.25. The van der Waals surface area contributed by atoms with Gasteiger partial charge in [-0.3, -0.25) is 4.79 Å². The van der Waals surface area contributed by atoms with Gasteiger partial charge in [-0.1, -0.05) is 36.9 Å². The largest absolute Gasteiger partial charge is 0.434 e. The number of carbonyl (C=O) groups is 1. The Balaban J connectivity index is 1.80. The average molecular weight is 427 g/mol. The monoisotopic (exact) mass is 426 g/mol. The molecule has 1 aromatic carbocycles. The molecule has 1 fully saturated rings. The highest BCUT2D eigenvalue weighted by atomic mass is 35.5. The zero-order chi connectivity index (χ0) is 21.0. The molecule has 1 aliphatic rings. The molecule has 9 heteroatoms. The molecule has 0 saturated heterocycles. The molecule has 0 radical (unpaired) electrons. The van der Waals surface area contributed by atoms with Gasteiger partial charge in [-0.25, -0.2) is 9.97 Å². The molecular formula is C20H22ClF3N4O. The van der Waals surface area contributed by atoms with E-state index in [1.165, 1.54) is 0 Å². The molecular weight excluding hydrogens is 405 g/mol. The van der Waals surface area contributed by atoms with E-state index in [1.807, 2.05) is 0 Å². The summed E-state index contributed by atoms with van der Waals surface area (Å²) in [6.07, 6.45) is 1.41. The minimum absolute atomic E-state index is 0.258. The first-order valence-corrected chi connectivity index (χ1v) is 9.87. The number of aromatic nitrogens is 2. The Morgan fingerprint density at radius 3 is 2.66 bits per heavy atom. The van der Waals surface area contributed by atoms with Crippen molar-refractivity contribution in [1.29, 1.82) is 0 Å². The van der Waals surface area contributed by atoms with Crippen LogP contribution in [0.2, 0.25) is 5.02 Å². The van der Waals surface area contributed by atoms with Crippen molar-refractivity contribution in [2.24, 2.45) is 5.92 Å². The number of halogens is 4. The standard InChI is InChI=1S/C20H22ClF3N4O/c1-12-7-8-14(21)9-16(12)27-19-26-11-15(17(28-19)20(22,23)24)18(29)25-10-13-5-3-2-4-6-13/h7-9,11,13H,2-6,10H2,1H3,(H,25,29)(H,26,27,28). The molecule has 2 N–H and O–H groups in total. The van der Waals surface area contributed by atoms with Crippen LogP contribution in [0.3, 0.4) is 0 Å². The lowest BCUT2D eigenvalue weighted by atomic mass is 9.89. The van der Waals surface area contributed by atoms with Gasteiger partial charge in [0.15, 0.2) is 5.69 Å². The Morgan fingerprint density at radius 1 is 1.24 bits per heavy atom. The fourth-order valence-corrected chi connectivity index (χ4v) is 3.57. The lowest BCUT2D eigenvalue weighted by Crippen LogP contribution is -2.32. The number of aryl methyl sites for hydroxylation is 1. The summed E-state index contributed by atoms with van der Waals surface area (Å²) in [5.41, 5.74) is -0.599. The number of amides is 1. The SMILES string of the molecule is Cc1ccc(Cl)cc1Nc1ncc(C(=O)NCC2CCCCC2)c(C(F)(F)F)n1. The van der Waals surface area contributed by atoms with Gasteiger partial charge in [0, 0.05) is 23.5 Å². The summed E-state index contributed by atoms with van der Waals surface area (Å²) in [7, 11) is 0. The van der Waals surface area contributed by atoms with E-state index in [2.05, 4.69) is 20.6 Å². The molecule has 0 unspecified atom stereocenters. The Bertz CT molecular complexity index is 883. The third-order valence-electron chi connectivity index (χ3n) is 5.02. The van der Waals surface area contributed by atoms with Gasteiger partial charge in [-0.15, -0.1) is 0 Å².